The van der Waals surface area contributed by atoms with E-state index in [4.69, 9.17) is 5.26 Å². The average molecular weight is 250 g/mol. The molecular weight excluding hydrogens is 239 g/mol. The second-order valence-corrected chi connectivity index (χ2v) is 4.39. The van der Waals surface area contributed by atoms with E-state index >= 15 is 0 Å². The van der Waals surface area contributed by atoms with Gasteiger partial charge in [-0.05, 0) is 24.3 Å². The minimum Gasteiger partial charge on any atom is -0.343 e. The zero-order chi connectivity index (χ0) is 13.2. The van der Waals surface area contributed by atoms with Gasteiger partial charge in [0.2, 0.25) is 0 Å². The van der Waals surface area contributed by atoms with Gasteiger partial charge in [-0.2, -0.15) is 5.26 Å². The molecule has 1 heterocycles. The summed E-state index contributed by atoms with van der Waals surface area (Å²) in [6.45, 7) is 0.463. The monoisotopic (exact) mass is 250 g/mol. The first-order chi connectivity index (χ1) is 9.29. The lowest BCUT2D eigenvalue weighted by molar-refractivity contribution is 0.602. The molecule has 19 heavy (non-hydrogen) atoms. The maximum atomic E-state index is 13.7. The number of hydrogen-bond acceptors (Lipinski definition) is 1. The van der Waals surface area contributed by atoms with E-state index < -0.39 is 0 Å². The SMILES string of the molecule is N#Cc1cccc2c1ccn2Cc1ccccc1F. The van der Waals surface area contributed by atoms with Gasteiger partial charge in [0.1, 0.15) is 5.82 Å². The molecule has 3 rings (SSSR count). The van der Waals surface area contributed by atoms with Crippen molar-refractivity contribution in [2.75, 3.05) is 0 Å². The highest BCUT2D eigenvalue weighted by Crippen LogP contribution is 2.21. The van der Waals surface area contributed by atoms with Gasteiger partial charge in [-0.1, -0.05) is 24.3 Å². The van der Waals surface area contributed by atoms with Crippen LogP contribution in [-0.2, 0) is 6.54 Å². The van der Waals surface area contributed by atoms with Crippen LogP contribution in [0.4, 0.5) is 4.39 Å². The molecule has 0 radical (unpaired) electrons. The van der Waals surface area contributed by atoms with E-state index in [1.165, 1.54) is 6.07 Å². The van der Waals surface area contributed by atoms with E-state index in [-0.39, 0.29) is 5.82 Å². The summed E-state index contributed by atoms with van der Waals surface area (Å²) in [5.41, 5.74) is 2.23. The minimum absolute atomic E-state index is 0.208. The topological polar surface area (TPSA) is 28.7 Å². The molecule has 0 bridgehead atoms. The maximum absolute atomic E-state index is 13.7. The summed E-state index contributed by atoms with van der Waals surface area (Å²) in [7, 11) is 0. The van der Waals surface area contributed by atoms with Crippen molar-refractivity contribution in [1.29, 1.82) is 5.26 Å². The zero-order valence-corrected chi connectivity index (χ0v) is 10.2. The van der Waals surface area contributed by atoms with Crippen molar-refractivity contribution in [2.45, 2.75) is 6.54 Å². The molecular formula is C16H11FN2. The third-order valence-electron chi connectivity index (χ3n) is 3.23. The van der Waals surface area contributed by atoms with Crippen molar-refractivity contribution in [2.24, 2.45) is 0 Å². The van der Waals surface area contributed by atoms with Crippen molar-refractivity contribution in [3.05, 3.63) is 71.7 Å². The highest BCUT2D eigenvalue weighted by atomic mass is 19.1. The minimum atomic E-state index is -0.208. The van der Waals surface area contributed by atoms with Gasteiger partial charge in [-0.15, -0.1) is 0 Å². The maximum Gasteiger partial charge on any atom is 0.128 e. The fourth-order valence-corrected chi connectivity index (χ4v) is 2.27. The van der Waals surface area contributed by atoms with Crippen LogP contribution in [0.2, 0.25) is 0 Å². The second-order valence-electron chi connectivity index (χ2n) is 4.39. The lowest BCUT2D eigenvalue weighted by atomic mass is 10.1. The van der Waals surface area contributed by atoms with Crippen LogP contribution in [-0.4, -0.2) is 4.57 Å². The van der Waals surface area contributed by atoms with E-state index in [1.807, 2.05) is 35.0 Å². The van der Waals surface area contributed by atoms with E-state index in [9.17, 15) is 4.39 Å². The summed E-state index contributed by atoms with van der Waals surface area (Å²) in [4.78, 5) is 0. The fourth-order valence-electron chi connectivity index (χ4n) is 2.27. The molecule has 0 fully saturated rings. The second kappa shape index (κ2) is 4.58. The van der Waals surface area contributed by atoms with Crippen molar-refractivity contribution >= 4 is 10.9 Å². The summed E-state index contributed by atoms with van der Waals surface area (Å²) >= 11 is 0. The Morgan fingerprint density at radius 2 is 1.89 bits per heavy atom. The number of nitriles is 1. The molecule has 0 N–H and O–H groups in total. The summed E-state index contributed by atoms with van der Waals surface area (Å²) in [5.74, 6) is -0.208. The van der Waals surface area contributed by atoms with Crippen LogP contribution in [0.1, 0.15) is 11.1 Å². The zero-order valence-electron chi connectivity index (χ0n) is 10.2. The summed E-state index contributed by atoms with van der Waals surface area (Å²) in [5, 5.41) is 9.96. The number of nitrogens with zero attached hydrogens (tertiary/aromatic N) is 2. The van der Waals surface area contributed by atoms with E-state index in [0.29, 0.717) is 17.7 Å². The Morgan fingerprint density at radius 1 is 1.05 bits per heavy atom. The average Bonchev–Trinajstić information content (AvgIpc) is 2.84. The third-order valence-corrected chi connectivity index (χ3v) is 3.23. The molecule has 0 aliphatic heterocycles. The highest BCUT2D eigenvalue weighted by molar-refractivity contribution is 5.86. The molecule has 1 aromatic heterocycles. The standard InChI is InChI=1S/C16H11FN2/c17-15-6-2-1-4-13(15)11-19-9-8-14-12(10-18)5-3-7-16(14)19/h1-9H,11H2. The Hall–Kier alpha value is -2.60. The van der Waals surface area contributed by atoms with Gasteiger partial charge in [0.25, 0.3) is 0 Å². The largest absolute Gasteiger partial charge is 0.343 e. The quantitative estimate of drug-likeness (QED) is 0.681. The van der Waals surface area contributed by atoms with Crippen molar-refractivity contribution in [1.82, 2.24) is 4.57 Å². The molecule has 2 aromatic carbocycles. The molecule has 0 atom stereocenters. The molecule has 0 aliphatic rings. The molecule has 0 unspecified atom stereocenters. The van der Waals surface area contributed by atoms with Crippen LogP contribution in [0.25, 0.3) is 10.9 Å². The fraction of sp³-hybridized carbons (Fsp3) is 0.0625. The lowest BCUT2D eigenvalue weighted by Crippen LogP contribution is -2.00. The summed E-state index contributed by atoms with van der Waals surface area (Å²) in [6.07, 6.45) is 1.89. The Morgan fingerprint density at radius 3 is 2.68 bits per heavy atom. The van der Waals surface area contributed by atoms with Crippen molar-refractivity contribution in [3.8, 4) is 6.07 Å². The number of benzene rings is 2. The summed E-state index contributed by atoms with van der Waals surface area (Å²) in [6, 6.07) is 16.4. The van der Waals surface area contributed by atoms with Crippen molar-refractivity contribution in [3.63, 3.8) is 0 Å². The number of fused-ring (bicyclic) bond motifs is 1. The van der Waals surface area contributed by atoms with Gasteiger partial charge in [-0.25, -0.2) is 4.39 Å². The van der Waals surface area contributed by atoms with Crippen LogP contribution in [0.5, 0.6) is 0 Å². The first-order valence-electron chi connectivity index (χ1n) is 6.01. The van der Waals surface area contributed by atoms with Crippen LogP contribution in [0, 0.1) is 17.1 Å². The Labute approximate surface area is 110 Å². The molecule has 0 aliphatic carbocycles. The number of rotatable bonds is 2. The van der Waals surface area contributed by atoms with E-state index in [1.54, 1.807) is 18.2 Å². The van der Waals surface area contributed by atoms with Crippen LogP contribution in [0.3, 0.4) is 0 Å². The van der Waals surface area contributed by atoms with Crippen LogP contribution in [0.15, 0.2) is 54.7 Å². The molecule has 2 nitrogen and oxygen atoms in total. The summed E-state index contributed by atoms with van der Waals surface area (Å²) < 4.78 is 15.6. The van der Waals surface area contributed by atoms with E-state index in [0.717, 1.165) is 10.9 Å². The Bertz CT molecular complexity index is 781. The molecule has 3 heteroatoms. The molecule has 0 spiro atoms. The predicted molar refractivity (Wildman–Crippen MR) is 72.2 cm³/mol. The highest BCUT2D eigenvalue weighted by Gasteiger charge is 2.07. The van der Waals surface area contributed by atoms with Gasteiger partial charge < -0.3 is 4.57 Å². The molecule has 3 aromatic rings. The normalized spacial score (nSPS) is 10.5. The van der Waals surface area contributed by atoms with Gasteiger partial charge >= 0.3 is 0 Å². The number of hydrogen-bond donors (Lipinski definition) is 0. The Kier molecular flexibility index (Phi) is 2.77. The molecule has 0 amide bonds. The third kappa shape index (κ3) is 1.98. The molecule has 0 saturated heterocycles. The van der Waals surface area contributed by atoms with Gasteiger partial charge in [0.05, 0.1) is 18.2 Å². The Balaban J connectivity index is 2.08. The number of aromatic nitrogens is 1. The predicted octanol–water partition coefficient (Wildman–Crippen LogP) is 3.70. The first kappa shape index (κ1) is 11.5. The van der Waals surface area contributed by atoms with Gasteiger partial charge in [0.15, 0.2) is 0 Å². The molecule has 92 valence electrons. The first-order valence-corrected chi connectivity index (χ1v) is 6.01. The number of halogens is 1. The van der Waals surface area contributed by atoms with Crippen LogP contribution < -0.4 is 0 Å². The van der Waals surface area contributed by atoms with Gasteiger partial charge in [0, 0.05) is 22.7 Å². The van der Waals surface area contributed by atoms with Crippen molar-refractivity contribution < 1.29 is 4.39 Å². The van der Waals surface area contributed by atoms with E-state index in [2.05, 4.69) is 6.07 Å². The van der Waals surface area contributed by atoms with Crippen LogP contribution >= 0.6 is 0 Å². The smallest absolute Gasteiger partial charge is 0.128 e. The van der Waals surface area contributed by atoms with Gasteiger partial charge in [-0.3, -0.25) is 0 Å². The molecule has 0 saturated carbocycles. The lowest BCUT2D eigenvalue weighted by Gasteiger charge is -2.06.